The number of hydrogen-bond acceptors (Lipinski definition) is 4. The number of carbonyl (C=O) groups is 2. The lowest BCUT2D eigenvalue weighted by atomic mass is 10.1. The molecule has 7 nitrogen and oxygen atoms in total. The first kappa shape index (κ1) is 27.8. The Hall–Kier alpha value is -2.42. The van der Waals surface area contributed by atoms with E-state index in [-0.39, 0.29) is 23.4 Å². The van der Waals surface area contributed by atoms with Crippen molar-refractivity contribution >= 4 is 33.4 Å². The lowest BCUT2D eigenvalue weighted by Crippen LogP contribution is -2.53. The monoisotopic (exact) mass is 507 g/mol. The Morgan fingerprint density at radius 2 is 1.71 bits per heavy atom. The molecule has 0 aliphatic carbocycles. The number of nitrogens with zero attached hydrogens (tertiary/aromatic N) is 2. The summed E-state index contributed by atoms with van der Waals surface area (Å²) in [7, 11) is -2.56. The van der Waals surface area contributed by atoms with Gasteiger partial charge in [0.05, 0.1) is 11.4 Å². The van der Waals surface area contributed by atoms with Gasteiger partial charge in [-0.25, -0.2) is 8.42 Å². The maximum atomic E-state index is 13.5. The molecule has 0 spiro atoms. The third-order valence-corrected chi connectivity index (χ3v) is 7.77. The van der Waals surface area contributed by atoms with E-state index in [9.17, 15) is 18.0 Å². The minimum Gasteiger partial charge on any atom is -0.352 e. The zero-order chi connectivity index (χ0) is 25.5. The Labute approximate surface area is 208 Å². The van der Waals surface area contributed by atoms with E-state index in [1.54, 1.807) is 0 Å². The van der Waals surface area contributed by atoms with Crippen molar-refractivity contribution in [2.45, 2.75) is 64.1 Å². The smallest absolute Gasteiger partial charge is 0.243 e. The largest absolute Gasteiger partial charge is 0.352 e. The van der Waals surface area contributed by atoms with E-state index in [0.29, 0.717) is 11.4 Å². The average molecular weight is 508 g/mol. The highest BCUT2D eigenvalue weighted by atomic mass is 35.5. The number of hydrogen-bond donors (Lipinski definition) is 1. The van der Waals surface area contributed by atoms with Crippen molar-refractivity contribution in [2.24, 2.45) is 0 Å². The predicted octanol–water partition coefficient (Wildman–Crippen LogP) is 3.99. The van der Waals surface area contributed by atoms with Gasteiger partial charge in [0.25, 0.3) is 0 Å². The van der Waals surface area contributed by atoms with E-state index in [2.05, 4.69) is 5.32 Å². The van der Waals surface area contributed by atoms with Gasteiger partial charge in [-0.05, 0) is 56.5 Å². The van der Waals surface area contributed by atoms with Crippen molar-refractivity contribution in [3.8, 4) is 0 Å². The van der Waals surface area contributed by atoms with E-state index in [1.807, 2.05) is 52.0 Å². The molecule has 0 radical (unpaired) electrons. The summed E-state index contributed by atoms with van der Waals surface area (Å²) in [6.45, 7) is 7.47. The number of sulfonamides is 1. The van der Waals surface area contributed by atoms with Crippen LogP contribution in [0.5, 0.6) is 0 Å². The fourth-order valence-corrected chi connectivity index (χ4v) is 4.77. The highest BCUT2D eigenvalue weighted by Crippen LogP contribution is 2.19. The molecule has 0 saturated carbocycles. The van der Waals surface area contributed by atoms with Crippen LogP contribution in [0.1, 0.15) is 44.7 Å². The van der Waals surface area contributed by atoms with E-state index < -0.39 is 28.5 Å². The van der Waals surface area contributed by atoms with Crippen molar-refractivity contribution in [1.82, 2.24) is 14.5 Å². The van der Waals surface area contributed by atoms with E-state index in [1.165, 1.54) is 36.2 Å². The minimum absolute atomic E-state index is 0.0366. The summed E-state index contributed by atoms with van der Waals surface area (Å²) in [4.78, 5) is 28.0. The molecule has 2 rings (SSSR count). The number of nitrogens with one attached hydrogen (secondary N) is 1. The third kappa shape index (κ3) is 7.29. The number of aryl methyl sites for hydroxylation is 1. The average Bonchev–Trinajstić information content (AvgIpc) is 2.79. The van der Waals surface area contributed by atoms with Gasteiger partial charge in [0.15, 0.2) is 0 Å². The van der Waals surface area contributed by atoms with Gasteiger partial charge < -0.3 is 10.2 Å². The van der Waals surface area contributed by atoms with Crippen LogP contribution in [0.3, 0.4) is 0 Å². The zero-order valence-electron chi connectivity index (χ0n) is 20.4. The molecule has 2 aromatic carbocycles. The topological polar surface area (TPSA) is 86.8 Å². The fraction of sp³-hybridized carbons (Fsp3) is 0.440. The molecule has 2 aromatic rings. The van der Waals surface area contributed by atoms with Crippen LogP contribution in [0.15, 0.2) is 53.4 Å². The molecule has 0 aliphatic heterocycles. The summed E-state index contributed by atoms with van der Waals surface area (Å²) in [5.41, 5.74) is 1.90. The predicted molar refractivity (Wildman–Crippen MR) is 135 cm³/mol. The molecule has 0 unspecified atom stereocenters. The Morgan fingerprint density at radius 1 is 1.06 bits per heavy atom. The second-order valence-corrected chi connectivity index (χ2v) is 10.9. The Bertz CT molecular complexity index is 1090. The Morgan fingerprint density at radius 3 is 2.26 bits per heavy atom. The van der Waals surface area contributed by atoms with Crippen LogP contribution in [0.4, 0.5) is 0 Å². The zero-order valence-corrected chi connectivity index (χ0v) is 22.0. The molecule has 0 fully saturated rings. The number of benzene rings is 2. The molecule has 0 saturated heterocycles. The molecule has 0 bridgehead atoms. The molecule has 0 aromatic heterocycles. The highest BCUT2D eigenvalue weighted by molar-refractivity contribution is 7.89. The second kappa shape index (κ2) is 12.3. The molecule has 2 amide bonds. The van der Waals surface area contributed by atoms with E-state index in [4.69, 9.17) is 11.6 Å². The molecule has 0 aliphatic rings. The molecule has 9 heteroatoms. The van der Waals surface area contributed by atoms with Gasteiger partial charge in [-0.2, -0.15) is 4.31 Å². The number of carbonyl (C=O) groups excluding carboxylic acids is 2. The summed E-state index contributed by atoms with van der Waals surface area (Å²) in [5.74, 6) is -0.700. The van der Waals surface area contributed by atoms with Gasteiger partial charge in [0, 0.05) is 24.7 Å². The molecule has 0 heterocycles. The molecule has 1 N–H and O–H groups in total. The second-order valence-electron chi connectivity index (χ2n) is 8.47. The van der Waals surface area contributed by atoms with Gasteiger partial charge in [-0.1, -0.05) is 55.3 Å². The lowest BCUT2D eigenvalue weighted by molar-refractivity contribution is -0.141. The first-order chi connectivity index (χ1) is 16.0. The standard InChI is InChI=1S/C25H34ClN3O4S/c1-6-19(4)27-25(31)23(7-2)29(16-20-10-8-9-18(3)15-20)24(30)17-28(5)34(32,33)22-13-11-21(26)12-14-22/h8-15,19,23H,6-7,16-17H2,1-5H3,(H,27,31)/t19-,23-/m1/s1. The summed E-state index contributed by atoms with van der Waals surface area (Å²) in [5, 5.41) is 3.37. The van der Waals surface area contributed by atoms with Gasteiger partial charge >= 0.3 is 0 Å². The quantitative estimate of drug-likeness (QED) is 0.498. The van der Waals surface area contributed by atoms with Crippen molar-refractivity contribution < 1.29 is 18.0 Å². The van der Waals surface area contributed by atoms with Crippen molar-refractivity contribution in [3.63, 3.8) is 0 Å². The Balaban J connectivity index is 2.33. The highest BCUT2D eigenvalue weighted by Gasteiger charge is 2.32. The molecular weight excluding hydrogens is 474 g/mol. The van der Waals surface area contributed by atoms with Gasteiger partial charge in [-0.3, -0.25) is 9.59 Å². The van der Waals surface area contributed by atoms with Gasteiger partial charge in [-0.15, -0.1) is 0 Å². The number of rotatable bonds is 11. The molecular formula is C25H34ClN3O4S. The van der Waals surface area contributed by atoms with Crippen LogP contribution >= 0.6 is 11.6 Å². The van der Waals surface area contributed by atoms with Crippen LogP contribution in [-0.2, 0) is 26.2 Å². The lowest BCUT2D eigenvalue weighted by Gasteiger charge is -2.32. The first-order valence-electron chi connectivity index (χ1n) is 11.4. The van der Waals surface area contributed by atoms with Crippen molar-refractivity contribution in [2.75, 3.05) is 13.6 Å². The summed E-state index contributed by atoms with van der Waals surface area (Å²) < 4.78 is 27.0. The van der Waals surface area contributed by atoms with E-state index >= 15 is 0 Å². The third-order valence-electron chi connectivity index (χ3n) is 5.70. The van der Waals surface area contributed by atoms with Crippen LogP contribution in [0.25, 0.3) is 0 Å². The SMILES string of the molecule is CC[C@@H](C)NC(=O)[C@@H](CC)N(Cc1cccc(C)c1)C(=O)CN(C)S(=O)(=O)c1ccc(Cl)cc1. The van der Waals surface area contributed by atoms with E-state index in [0.717, 1.165) is 21.9 Å². The molecule has 34 heavy (non-hydrogen) atoms. The van der Waals surface area contributed by atoms with Gasteiger partial charge in [0.2, 0.25) is 21.8 Å². The maximum Gasteiger partial charge on any atom is 0.243 e. The van der Waals surface area contributed by atoms with Crippen LogP contribution in [-0.4, -0.2) is 55.1 Å². The maximum absolute atomic E-state index is 13.5. The summed E-state index contributed by atoms with van der Waals surface area (Å²) in [6.07, 6.45) is 1.16. The normalized spacial score (nSPS) is 13.4. The Kier molecular flexibility index (Phi) is 10.1. The van der Waals surface area contributed by atoms with Crippen LogP contribution in [0, 0.1) is 6.92 Å². The molecule has 186 valence electrons. The van der Waals surface area contributed by atoms with Crippen LogP contribution < -0.4 is 5.32 Å². The van der Waals surface area contributed by atoms with Gasteiger partial charge in [0.1, 0.15) is 6.04 Å². The van der Waals surface area contributed by atoms with Crippen molar-refractivity contribution in [1.29, 1.82) is 0 Å². The molecule has 2 atom stereocenters. The minimum atomic E-state index is -3.91. The number of likely N-dealkylation sites (N-methyl/N-ethyl adjacent to an activating group) is 1. The number of amides is 2. The van der Waals surface area contributed by atoms with Crippen LogP contribution in [0.2, 0.25) is 5.02 Å². The number of halogens is 1. The van der Waals surface area contributed by atoms with Crippen molar-refractivity contribution in [3.05, 3.63) is 64.7 Å². The first-order valence-corrected chi connectivity index (χ1v) is 13.2. The summed E-state index contributed by atoms with van der Waals surface area (Å²) in [6, 6.07) is 12.7. The summed E-state index contributed by atoms with van der Waals surface area (Å²) >= 11 is 5.88. The fourth-order valence-electron chi connectivity index (χ4n) is 3.52.